The van der Waals surface area contributed by atoms with Crippen LogP contribution in [-0.2, 0) is 4.74 Å². The molecule has 0 aromatic carbocycles. The highest BCUT2D eigenvalue weighted by molar-refractivity contribution is 7.16. The number of hydrogen-bond donors (Lipinski definition) is 1. The van der Waals surface area contributed by atoms with Gasteiger partial charge in [-0.2, -0.15) is 0 Å². The Kier molecular flexibility index (Phi) is 4.70. The third kappa shape index (κ3) is 3.66. The zero-order valence-electron chi connectivity index (χ0n) is 12.1. The Balaban J connectivity index is 2.23. The van der Waals surface area contributed by atoms with Gasteiger partial charge >= 0.3 is 5.97 Å². The van der Waals surface area contributed by atoms with Gasteiger partial charge in [0.25, 0.3) is 5.91 Å². The molecule has 0 unspecified atom stereocenters. The number of esters is 1. The van der Waals surface area contributed by atoms with Crippen LogP contribution in [0.5, 0.6) is 0 Å². The van der Waals surface area contributed by atoms with Gasteiger partial charge < -0.3 is 10.1 Å². The van der Waals surface area contributed by atoms with Crippen molar-refractivity contribution < 1.29 is 14.3 Å². The number of rotatable bonds is 4. The molecule has 0 aliphatic heterocycles. The number of amides is 1. The number of hydrogen-bond acceptors (Lipinski definition) is 5. The van der Waals surface area contributed by atoms with Gasteiger partial charge in [0.15, 0.2) is 0 Å². The van der Waals surface area contributed by atoms with Crippen LogP contribution in [0.2, 0.25) is 0 Å². The molecule has 110 valence electrons. The number of carbonyl (C=O) groups excluding carboxylic acids is 2. The van der Waals surface area contributed by atoms with Gasteiger partial charge in [0.2, 0.25) is 0 Å². The van der Waals surface area contributed by atoms with E-state index in [0.29, 0.717) is 22.7 Å². The van der Waals surface area contributed by atoms with E-state index in [1.165, 1.54) is 11.3 Å². The Hall–Kier alpha value is -2.21. The molecule has 2 aromatic rings. The Bertz CT molecular complexity index is 679. The van der Waals surface area contributed by atoms with Crippen LogP contribution in [0.4, 0.5) is 5.00 Å². The summed E-state index contributed by atoms with van der Waals surface area (Å²) in [5, 5.41) is 3.27. The summed E-state index contributed by atoms with van der Waals surface area (Å²) in [5.74, 6) is -0.698. The first-order valence-electron chi connectivity index (χ1n) is 6.52. The molecule has 0 fully saturated rings. The van der Waals surface area contributed by atoms with Crippen molar-refractivity contribution in [2.75, 3.05) is 11.9 Å². The normalized spacial score (nSPS) is 10.2. The number of anilines is 1. The van der Waals surface area contributed by atoms with E-state index in [2.05, 4.69) is 10.3 Å². The first kappa shape index (κ1) is 15.2. The fourth-order valence-electron chi connectivity index (χ4n) is 1.83. The monoisotopic (exact) mass is 304 g/mol. The van der Waals surface area contributed by atoms with Crippen LogP contribution >= 0.6 is 11.3 Å². The van der Waals surface area contributed by atoms with Crippen molar-refractivity contribution in [2.45, 2.75) is 20.8 Å². The molecule has 6 heteroatoms. The van der Waals surface area contributed by atoms with Gasteiger partial charge in [0.1, 0.15) is 5.00 Å². The van der Waals surface area contributed by atoms with Crippen molar-refractivity contribution in [1.82, 2.24) is 4.98 Å². The molecule has 0 saturated heterocycles. The van der Waals surface area contributed by atoms with Crippen LogP contribution in [-0.4, -0.2) is 23.5 Å². The second kappa shape index (κ2) is 6.49. The highest BCUT2D eigenvalue weighted by Gasteiger charge is 2.18. The molecule has 0 saturated carbocycles. The van der Waals surface area contributed by atoms with Crippen LogP contribution in [0.3, 0.4) is 0 Å². The first-order valence-corrected chi connectivity index (χ1v) is 7.34. The number of aromatic nitrogens is 1. The zero-order chi connectivity index (χ0) is 15.4. The molecule has 2 rings (SSSR count). The van der Waals surface area contributed by atoms with Crippen molar-refractivity contribution in [3.05, 3.63) is 46.1 Å². The van der Waals surface area contributed by atoms with Crippen LogP contribution < -0.4 is 5.32 Å². The van der Waals surface area contributed by atoms with Gasteiger partial charge in [0, 0.05) is 22.3 Å². The number of carbonyl (C=O) groups is 2. The molecule has 1 amide bonds. The summed E-state index contributed by atoms with van der Waals surface area (Å²) in [6, 6.07) is 5.04. The molecule has 2 aromatic heterocycles. The smallest absolute Gasteiger partial charge is 0.341 e. The minimum Gasteiger partial charge on any atom is -0.462 e. The molecule has 0 atom stereocenters. The maximum Gasteiger partial charge on any atom is 0.341 e. The van der Waals surface area contributed by atoms with E-state index in [1.807, 2.05) is 13.8 Å². The predicted octanol–water partition coefficient (Wildman–Crippen LogP) is 3.19. The lowest BCUT2D eigenvalue weighted by atomic mass is 10.2. The maximum atomic E-state index is 12.2. The van der Waals surface area contributed by atoms with E-state index in [9.17, 15) is 9.59 Å². The Labute approximate surface area is 127 Å². The van der Waals surface area contributed by atoms with E-state index in [1.54, 1.807) is 31.3 Å². The standard InChI is InChI=1S/C15H16N2O3S/c1-4-20-15(19)12-8-10(3)21-14(12)17-13(18)11-5-6-16-9(2)7-11/h5-8H,4H2,1-3H3,(H,17,18). The molecule has 0 spiro atoms. The van der Waals surface area contributed by atoms with Crippen LogP contribution in [0.1, 0.15) is 38.2 Å². The molecule has 0 radical (unpaired) electrons. The number of pyridine rings is 1. The van der Waals surface area contributed by atoms with Gasteiger partial charge in [0.05, 0.1) is 12.2 Å². The summed E-state index contributed by atoms with van der Waals surface area (Å²) in [5.41, 5.74) is 1.65. The molecule has 0 aliphatic carbocycles. The highest BCUT2D eigenvalue weighted by atomic mass is 32.1. The van der Waals surface area contributed by atoms with E-state index in [0.717, 1.165) is 10.6 Å². The van der Waals surface area contributed by atoms with Crippen molar-refractivity contribution >= 4 is 28.2 Å². The largest absolute Gasteiger partial charge is 0.462 e. The third-order valence-corrected chi connectivity index (χ3v) is 3.70. The van der Waals surface area contributed by atoms with Gasteiger partial charge in [-0.05, 0) is 39.0 Å². The number of nitrogens with zero attached hydrogens (tertiary/aromatic N) is 1. The average Bonchev–Trinajstić information content (AvgIpc) is 2.80. The SMILES string of the molecule is CCOC(=O)c1cc(C)sc1NC(=O)c1ccnc(C)c1. The van der Waals surface area contributed by atoms with Gasteiger partial charge in [-0.15, -0.1) is 11.3 Å². The van der Waals surface area contributed by atoms with E-state index in [-0.39, 0.29) is 5.91 Å². The fraction of sp³-hybridized carbons (Fsp3) is 0.267. The van der Waals surface area contributed by atoms with Gasteiger partial charge in [-0.1, -0.05) is 0 Å². The fourth-order valence-corrected chi connectivity index (χ4v) is 2.72. The second-order valence-electron chi connectivity index (χ2n) is 4.46. The number of nitrogens with one attached hydrogen (secondary N) is 1. The summed E-state index contributed by atoms with van der Waals surface area (Å²) in [4.78, 5) is 29.1. The Morgan fingerprint density at radius 2 is 2.10 bits per heavy atom. The molecular weight excluding hydrogens is 288 g/mol. The second-order valence-corrected chi connectivity index (χ2v) is 5.72. The lowest BCUT2D eigenvalue weighted by Gasteiger charge is -2.06. The lowest BCUT2D eigenvalue weighted by molar-refractivity contribution is 0.0528. The Morgan fingerprint density at radius 3 is 2.76 bits per heavy atom. The summed E-state index contributed by atoms with van der Waals surface area (Å²) >= 11 is 1.35. The molecule has 21 heavy (non-hydrogen) atoms. The minimum absolute atomic E-state index is 0.270. The molecule has 2 heterocycles. The van der Waals surface area contributed by atoms with Crippen LogP contribution in [0.15, 0.2) is 24.4 Å². The van der Waals surface area contributed by atoms with Crippen molar-refractivity contribution in [1.29, 1.82) is 0 Å². The van der Waals surface area contributed by atoms with Crippen molar-refractivity contribution in [3.63, 3.8) is 0 Å². The molecule has 0 aliphatic rings. The van der Waals surface area contributed by atoms with Crippen LogP contribution in [0.25, 0.3) is 0 Å². The predicted molar refractivity (Wildman–Crippen MR) is 81.9 cm³/mol. The van der Waals surface area contributed by atoms with Crippen LogP contribution in [0, 0.1) is 13.8 Å². The first-order chi connectivity index (χ1) is 10.0. The summed E-state index contributed by atoms with van der Waals surface area (Å²) in [6.07, 6.45) is 1.58. The molecular formula is C15H16N2O3S. The quantitative estimate of drug-likeness (QED) is 0.881. The van der Waals surface area contributed by atoms with E-state index >= 15 is 0 Å². The average molecular weight is 304 g/mol. The van der Waals surface area contributed by atoms with Crippen molar-refractivity contribution in [3.8, 4) is 0 Å². The molecule has 0 bridgehead atoms. The van der Waals surface area contributed by atoms with Gasteiger partial charge in [-0.25, -0.2) is 4.79 Å². The van der Waals surface area contributed by atoms with E-state index < -0.39 is 5.97 Å². The van der Waals surface area contributed by atoms with Crippen molar-refractivity contribution in [2.24, 2.45) is 0 Å². The molecule has 1 N–H and O–H groups in total. The number of ether oxygens (including phenoxy) is 1. The molecule has 5 nitrogen and oxygen atoms in total. The maximum absolute atomic E-state index is 12.2. The third-order valence-electron chi connectivity index (χ3n) is 2.74. The topological polar surface area (TPSA) is 68.3 Å². The number of aryl methyl sites for hydroxylation is 2. The number of thiophene rings is 1. The zero-order valence-corrected chi connectivity index (χ0v) is 12.9. The van der Waals surface area contributed by atoms with Gasteiger partial charge in [-0.3, -0.25) is 9.78 Å². The highest BCUT2D eigenvalue weighted by Crippen LogP contribution is 2.28. The Morgan fingerprint density at radius 1 is 1.33 bits per heavy atom. The summed E-state index contributed by atoms with van der Waals surface area (Å²) < 4.78 is 4.99. The van der Waals surface area contributed by atoms with E-state index in [4.69, 9.17) is 4.74 Å². The summed E-state index contributed by atoms with van der Waals surface area (Å²) in [7, 11) is 0. The lowest BCUT2D eigenvalue weighted by Crippen LogP contribution is -2.14. The summed E-state index contributed by atoms with van der Waals surface area (Å²) in [6.45, 7) is 5.73. The minimum atomic E-state index is -0.428.